The van der Waals surface area contributed by atoms with E-state index in [0.29, 0.717) is 20.6 Å². The molecule has 0 unspecified atom stereocenters. The van der Waals surface area contributed by atoms with Gasteiger partial charge in [-0.05, 0) is 18.2 Å². The van der Waals surface area contributed by atoms with Gasteiger partial charge in [0.25, 0.3) is 0 Å². The van der Waals surface area contributed by atoms with Crippen molar-refractivity contribution in [3.8, 4) is 11.1 Å². The fourth-order valence-electron chi connectivity index (χ4n) is 2.07. The van der Waals surface area contributed by atoms with Crippen molar-refractivity contribution in [2.45, 2.75) is 0 Å². The van der Waals surface area contributed by atoms with Crippen LogP contribution in [0.25, 0.3) is 22.0 Å². The fraction of sp³-hybridized carbons (Fsp3) is 0. The Balaban J connectivity index is 2.34. The normalized spacial score (nSPS) is 10.9. The molecule has 1 nitrogen and oxygen atoms in total. The van der Waals surface area contributed by atoms with Gasteiger partial charge in [-0.3, -0.25) is 4.98 Å². The number of para-hydroxylation sites is 1. The van der Waals surface area contributed by atoms with Gasteiger partial charge in [-0.2, -0.15) is 0 Å². The Morgan fingerprint density at radius 2 is 1.89 bits per heavy atom. The molecule has 0 aliphatic heterocycles. The van der Waals surface area contributed by atoms with Crippen LogP contribution in [0.5, 0.6) is 0 Å². The second-order valence-electron chi connectivity index (χ2n) is 4.12. The minimum Gasteiger partial charge on any atom is -0.255 e. The lowest BCUT2D eigenvalue weighted by Crippen LogP contribution is -1.88. The van der Waals surface area contributed by atoms with Gasteiger partial charge < -0.3 is 0 Å². The summed E-state index contributed by atoms with van der Waals surface area (Å²) in [5.41, 5.74) is 1.96. The first kappa shape index (κ1) is 12.6. The minimum absolute atomic E-state index is 0.288. The highest BCUT2D eigenvalue weighted by molar-refractivity contribution is 9.10. The van der Waals surface area contributed by atoms with Crippen molar-refractivity contribution in [3.05, 3.63) is 64.0 Å². The van der Waals surface area contributed by atoms with E-state index in [1.807, 2.05) is 24.3 Å². The number of benzene rings is 2. The average Bonchev–Trinajstić information content (AvgIpc) is 2.39. The lowest BCUT2D eigenvalue weighted by atomic mass is 10.0. The average molecular weight is 337 g/mol. The van der Waals surface area contributed by atoms with E-state index in [-0.39, 0.29) is 5.82 Å². The van der Waals surface area contributed by atoms with Gasteiger partial charge in [0.2, 0.25) is 0 Å². The number of rotatable bonds is 1. The summed E-state index contributed by atoms with van der Waals surface area (Å²) in [6.45, 7) is 0. The van der Waals surface area contributed by atoms with E-state index in [1.54, 1.807) is 18.3 Å². The lowest BCUT2D eigenvalue weighted by molar-refractivity contribution is 0.630. The van der Waals surface area contributed by atoms with Crippen molar-refractivity contribution in [1.29, 1.82) is 0 Å². The Hall–Kier alpha value is -1.45. The zero-order chi connectivity index (χ0) is 13.4. The van der Waals surface area contributed by atoms with Crippen LogP contribution in [0.2, 0.25) is 5.02 Å². The van der Waals surface area contributed by atoms with Crippen molar-refractivity contribution in [2.75, 3.05) is 0 Å². The molecule has 0 amide bonds. The number of nitrogens with zero attached hydrogens (tertiary/aromatic N) is 1. The maximum atomic E-state index is 14.1. The second kappa shape index (κ2) is 4.91. The van der Waals surface area contributed by atoms with Crippen LogP contribution < -0.4 is 0 Å². The third kappa shape index (κ3) is 2.24. The van der Waals surface area contributed by atoms with Crippen molar-refractivity contribution in [1.82, 2.24) is 4.98 Å². The van der Waals surface area contributed by atoms with Crippen molar-refractivity contribution in [2.24, 2.45) is 0 Å². The highest BCUT2D eigenvalue weighted by Gasteiger charge is 2.11. The molecule has 0 aliphatic carbocycles. The van der Waals surface area contributed by atoms with Crippen molar-refractivity contribution in [3.63, 3.8) is 0 Å². The SMILES string of the molecule is Fc1cc(Br)ccc1-c1cccc2c(Cl)ccnc12. The maximum Gasteiger partial charge on any atom is 0.132 e. The first-order chi connectivity index (χ1) is 9.16. The van der Waals surface area contributed by atoms with Gasteiger partial charge in [0, 0.05) is 27.2 Å². The molecule has 1 aromatic heterocycles. The standard InChI is InChI=1S/C15H8BrClFN/c16-9-4-5-10(14(18)8-9)11-2-1-3-12-13(17)6-7-19-15(11)12/h1-8H. The van der Waals surface area contributed by atoms with Gasteiger partial charge in [0.1, 0.15) is 5.82 Å². The number of aromatic nitrogens is 1. The Kier molecular flexibility index (Phi) is 3.25. The molecule has 19 heavy (non-hydrogen) atoms. The summed E-state index contributed by atoms with van der Waals surface area (Å²) in [4.78, 5) is 4.32. The number of hydrogen-bond donors (Lipinski definition) is 0. The molecule has 3 aromatic rings. The minimum atomic E-state index is -0.288. The lowest BCUT2D eigenvalue weighted by Gasteiger charge is -2.08. The molecular formula is C15H8BrClFN. The van der Waals surface area contributed by atoms with E-state index in [1.165, 1.54) is 6.07 Å². The van der Waals surface area contributed by atoms with Gasteiger partial charge in [0.15, 0.2) is 0 Å². The van der Waals surface area contributed by atoms with Gasteiger partial charge in [-0.15, -0.1) is 0 Å². The molecular weight excluding hydrogens is 329 g/mol. The van der Waals surface area contributed by atoms with Gasteiger partial charge >= 0.3 is 0 Å². The Morgan fingerprint density at radius 3 is 2.68 bits per heavy atom. The van der Waals surface area contributed by atoms with Gasteiger partial charge in [0.05, 0.1) is 10.5 Å². The van der Waals surface area contributed by atoms with Crippen molar-refractivity contribution < 1.29 is 4.39 Å². The van der Waals surface area contributed by atoms with Crippen LogP contribution in [0.3, 0.4) is 0 Å². The molecule has 0 fully saturated rings. The molecule has 0 radical (unpaired) electrons. The van der Waals surface area contributed by atoms with Crippen LogP contribution in [-0.2, 0) is 0 Å². The predicted octanol–water partition coefficient (Wildman–Crippen LogP) is 5.46. The Labute approximate surface area is 123 Å². The van der Waals surface area contributed by atoms with Gasteiger partial charge in [-0.25, -0.2) is 4.39 Å². The van der Waals surface area contributed by atoms with E-state index in [9.17, 15) is 4.39 Å². The quantitative estimate of drug-likeness (QED) is 0.575. The summed E-state index contributed by atoms with van der Waals surface area (Å²) in [5.74, 6) is -0.288. The first-order valence-corrected chi connectivity index (χ1v) is 6.82. The second-order valence-corrected chi connectivity index (χ2v) is 5.44. The summed E-state index contributed by atoms with van der Waals surface area (Å²) in [6.07, 6.45) is 1.63. The number of hydrogen-bond acceptors (Lipinski definition) is 1. The van der Waals surface area contributed by atoms with Crippen LogP contribution >= 0.6 is 27.5 Å². The molecule has 4 heteroatoms. The third-order valence-corrected chi connectivity index (χ3v) is 3.76. The third-order valence-electron chi connectivity index (χ3n) is 2.94. The smallest absolute Gasteiger partial charge is 0.132 e. The molecule has 2 aromatic carbocycles. The molecule has 0 bridgehead atoms. The van der Waals surface area contributed by atoms with E-state index in [4.69, 9.17) is 11.6 Å². The number of pyridine rings is 1. The zero-order valence-electron chi connectivity index (χ0n) is 9.70. The Bertz CT molecular complexity index is 773. The first-order valence-electron chi connectivity index (χ1n) is 5.65. The highest BCUT2D eigenvalue weighted by Crippen LogP contribution is 2.32. The molecule has 3 rings (SSSR count). The van der Waals surface area contributed by atoms with Crippen molar-refractivity contribution >= 4 is 38.4 Å². The fourth-order valence-corrected chi connectivity index (χ4v) is 2.61. The molecule has 0 aliphatic rings. The zero-order valence-corrected chi connectivity index (χ0v) is 12.0. The topological polar surface area (TPSA) is 12.9 Å². The molecule has 1 heterocycles. The molecule has 0 N–H and O–H groups in total. The summed E-state index contributed by atoms with van der Waals surface area (Å²) in [7, 11) is 0. The van der Waals surface area contributed by atoms with E-state index in [2.05, 4.69) is 20.9 Å². The van der Waals surface area contributed by atoms with Crippen LogP contribution in [0.1, 0.15) is 0 Å². The summed E-state index contributed by atoms with van der Waals surface area (Å²) in [6, 6.07) is 12.3. The summed E-state index contributed by atoms with van der Waals surface area (Å²) < 4.78 is 14.8. The number of halogens is 3. The largest absolute Gasteiger partial charge is 0.255 e. The molecule has 94 valence electrons. The van der Waals surface area contributed by atoms with Crippen LogP contribution in [0, 0.1) is 5.82 Å². The summed E-state index contributed by atoms with van der Waals surface area (Å²) >= 11 is 9.39. The van der Waals surface area contributed by atoms with Crippen LogP contribution in [0.15, 0.2) is 53.1 Å². The Morgan fingerprint density at radius 1 is 1.05 bits per heavy atom. The predicted molar refractivity (Wildman–Crippen MR) is 79.8 cm³/mol. The van der Waals surface area contributed by atoms with E-state index in [0.717, 1.165) is 10.9 Å². The number of fused-ring (bicyclic) bond motifs is 1. The monoisotopic (exact) mass is 335 g/mol. The molecule has 0 saturated heterocycles. The highest BCUT2D eigenvalue weighted by atomic mass is 79.9. The van der Waals surface area contributed by atoms with E-state index < -0.39 is 0 Å². The van der Waals surface area contributed by atoms with Crippen LogP contribution in [-0.4, -0.2) is 4.98 Å². The maximum absolute atomic E-state index is 14.1. The van der Waals surface area contributed by atoms with Gasteiger partial charge in [-0.1, -0.05) is 51.8 Å². The molecule has 0 spiro atoms. The molecule has 0 saturated carbocycles. The van der Waals surface area contributed by atoms with E-state index >= 15 is 0 Å². The molecule has 0 atom stereocenters. The summed E-state index contributed by atoms with van der Waals surface area (Å²) in [5, 5.41) is 1.44. The van der Waals surface area contributed by atoms with Crippen LogP contribution in [0.4, 0.5) is 4.39 Å².